The molecule has 0 aliphatic carbocycles. The molecule has 2 aromatic heterocycles. The monoisotopic (exact) mass is 254 g/mol. The second-order valence-corrected chi connectivity index (χ2v) is 5.04. The third-order valence-corrected chi connectivity index (χ3v) is 3.56. The van der Waals surface area contributed by atoms with Crippen LogP contribution in [0.1, 0.15) is 30.0 Å². The van der Waals surface area contributed by atoms with Gasteiger partial charge in [0.2, 0.25) is 0 Å². The summed E-state index contributed by atoms with van der Waals surface area (Å²) in [7, 11) is 0. The van der Waals surface area contributed by atoms with Crippen LogP contribution in [0.5, 0.6) is 0 Å². The summed E-state index contributed by atoms with van der Waals surface area (Å²) in [5.74, 6) is 0. The van der Waals surface area contributed by atoms with Crippen LogP contribution >= 0.6 is 23.1 Å². The fourth-order valence-corrected chi connectivity index (χ4v) is 2.58. The number of nitrogens with zero attached hydrogens (tertiary/aromatic N) is 3. The van der Waals surface area contributed by atoms with Crippen molar-refractivity contribution < 1.29 is 0 Å². The fourth-order valence-electron chi connectivity index (χ4n) is 1.47. The van der Waals surface area contributed by atoms with E-state index in [9.17, 15) is 0 Å². The first-order chi connectivity index (χ1) is 7.90. The van der Waals surface area contributed by atoms with Crippen LogP contribution in [0.3, 0.4) is 0 Å². The molecule has 0 bridgehead atoms. The van der Waals surface area contributed by atoms with Gasteiger partial charge < -0.3 is 5.32 Å². The van der Waals surface area contributed by atoms with E-state index in [0.717, 1.165) is 25.1 Å². The molecule has 2 aromatic rings. The number of aromatic nitrogens is 3. The van der Waals surface area contributed by atoms with Gasteiger partial charge in [-0.05, 0) is 13.0 Å². The van der Waals surface area contributed by atoms with Crippen molar-refractivity contribution >= 4 is 23.1 Å². The van der Waals surface area contributed by atoms with Gasteiger partial charge in [-0.25, -0.2) is 0 Å². The quantitative estimate of drug-likeness (QED) is 0.859. The zero-order chi connectivity index (χ0) is 11.2. The molecule has 0 saturated heterocycles. The Hall–Kier alpha value is -0.850. The standard InChI is InChI=1S/C10H14N4S2/c1-2-3-12-9(10-6-13-16-14-10)4-8-5-11-7-15-8/h5-7,9,12H,2-4H2,1H3. The Balaban J connectivity index is 2.03. The van der Waals surface area contributed by atoms with Crippen molar-refractivity contribution in [3.63, 3.8) is 0 Å². The molecule has 0 aliphatic heterocycles. The highest BCUT2D eigenvalue weighted by Gasteiger charge is 2.14. The van der Waals surface area contributed by atoms with E-state index in [0.29, 0.717) is 0 Å². The fraction of sp³-hybridized carbons (Fsp3) is 0.500. The van der Waals surface area contributed by atoms with Crippen LogP contribution in [0.2, 0.25) is 0 Å². The maximum Gasteiger partial charge on any atom is 0.0915 e. The number of nitrogens with one attached hydrogen (secondary N) is 1. The first-order valence-electron chi connectivity index (χ1n) is 5.28. The van der Waals surface area contributed by atoms with E-state index in [1.807, 2.05) is 17.9 Å². The summed E-state index contributed by atoms with van der Waals surface area (Å²) in [6.45, 7) is 3.16. The highest BCUT2D eigenvalue weighted by Crippen LogP contribution is 2.19. The molecular formula is C10H14N4S2. The minimum Gasteiger partial charge on any atom is -0.308 e. The third kappa shape index (κ3) is 3.07. The molecule has 1 N–H and O–H groups in total. The van der Waals surface area contributed by atoms with Crippen LogP contribution in [-0.2, 0) is 6.42 Å². The molecular weight excluding hydrogens is 240 g/mol. The van der Waals surface area contributed by atoms with Gasteiger partial charge in [0.05, 0.1) is 35.2 Å². The summed E-state index contributed by atoms with van der Waals surface area (Å²) >= 11 is 2.95. The summed E-state index contributed by atoms with van der Waals surface area (Å²) in [6.07, 6.45) is 5.83. The Morgan fingerprint density at radius 1 is 1.44 bits per heavy atom. The molecule has 0 aliphatic rings. The van der Waals surface area contributed by atoms with Crippen LogP contribution in [-0.4, -0.2) is 20.3 Å². The van der Waals surface area contributed by atoms with Crippen molar-refractivity contribution in [3.05, 3.63) is 28.5 Å². The van der Waals surface area contributed by atoms with Gasteiger partial charge in [0.1, 0.15) is 0 Å². The summed E-state index contributed by atoms with van der Waals surface area (Å²) in [5, 5.41) is 3.49. The Bertz CT molecular complexity index is 385. The van der Waals surface area contributed by atoms with E-state index in [2.05, 4.69) is 26.0 Å². The molecule has 0 amide bonds. The van der Waals surface area contributed by atoms with Gasteiger partial charge >= 0.3 is 0 Å². The second-order valence-electron chi connectivity index (χ2n) is 3.51. The van der Waals surface area contributed by atoms with Gasteiger partial charge in [0.25, 0.3) is 0 Å². The van der Waals surface area contributed by atoms with Gasteiger partial charge in [0, 0.05) is 17.5 Å². The lowest BCUT2D eigenvalue weighted by molar-refractivity contribution is 0.523. The lowest BCUT2D eigenvalue weighted by Gasteiger charge is -2.14. The summed E-state index contributed by atoms with van der Waals surface area (Å²) < 4.78 is 8.36. The maximum atomic E-state index is 4.30. The average molecular weight is 254 g/mol. The molecule has 0 spiro atoms. The Labute approximate surface area is 103 Å². The van der Waals surface area contributed by atoms with Gasteiger partial charge in [-0.2, -0.15) is 8.75 Å². The van der Waals surface area contributed by atoms with Crippen LogP contribution in [0, 0.1) is 0 Å². The molecule has 0 saturated carbocycles. The van der Waals surface area contributed by atoms with Crippen LogP contribution in [0.4, 0.5) is 0 Å². The van der Waals surface area contributed by atoms with Crippen LogP contribution in [0.25, 0.3) is 0 Å². The van der Waals surface area contributed by atoms with Crippen molar-refractivity contribution in [2.45, 2.75) is 25.8 Å². The van der Waals surface area contributed by atoms with Gasteiger partial charge in [-0.1, -0.05) is 6.92 Å². The lowest BCUT2D eigenvalue weighted by atomic mass is 10.1. The van der Waals surface area contributed by atoms with E-state index in [1.54, 1.807) is 11.3 Å². The molecule has 16 heavy (non-hydrogen) atoms. The normalized spacial score (nSPS) is 12.8. The van der Waals surface area contributed by atoms with E-state index in [-0.39, 0.29) is 6.04 Å². The predicted molar refractivity (Wildman–Crippen MR) is 66.8 cm³/mol. The Morgan fingerprint density at radius 3 is 3.00 bits per heavy atom. The zero-order valence-electron chi connectivity index (χ0n) is 9.09. The highest BCUT2D eigenvalue weighted by molar-refractivity contribution is 7.09. The van der Waals surface area contributed by atoms with E-state index >= 15 is 0 Å². The predicted octanol–water partition coefficient (Wildman–Crippen LogP) is 2.28. The molecule has 0 aromatic carbocycles. The second kappa shape index (κ2) is 6.03. The first kappa shape index (κ1) is 11.6. The van der Waals surface area contributed by atoms with Crippen LogP contribution < -0.4 is 5.32 Å². The molecule has 2 rings (SSSR count). The lowest BCUT2D eigenvalue weighted by Crippen LogP contribution is -2.24. The smallest absolute Gasteiger partial charge is 0.0915 e. The largest absolute Gasteiger partial charge is 0.308 e. The Kier molecular flexibility index (Phi) is 4.38. The van der Waals surface area contributed by atoms with Crippen molar-refractivity contribution in [2.24, 2.45) is 0 Å². The number of hydrogen-bond donors (Lipinski definition) is 1. The summed E-state index contributed by atoms with van der Waals surface area (Å²) in [6, 6.07) is 0.263. The first-order valence-corrected chi connectivity index (χ1v) is 6.89. The number of rotatable bonds is 6. The van der Waals surface area contributed by atoms with Crippen molar-refractivity contribution in [1.29, 1.82) is 0 Å². The van der Waals surface area contributed by atoms with E-state index in [4.69, 9.17) is 0 Å². The van der Waals surface area contributed by atoms with E-state index < -0.39 is 0 Å². The van der Waals surface area contributed by atoms with Gasteiger partial charge in [-0.15, -0.1) is 11.3 Å². The van der Waals surface area contributed by atoms with E-state index in [1.165, 1.54) is 16.6 Å². The number of hydrogen-bond acceptors (Lipinski definition) is 6. The molecule has 4 nitrogen and oxygen atoms in total. The zero-order valence-corrected chi connectivity index (χ0v) is 10.7. The Morgan fingerprint density at radius 2 is 2.38 bits per heavy atom. The molecule has 1 atom stereocenters. The molecule has 1 unspecified atom stereocenters. The molecule has 86 valence electrons. The number of thiazole rings is 1. The summed E-state index contributed by atoms with van der Waals surface area (Å²) in [4.78, 5) is 5.37. The average Bonchev–Trinajstić information content (AvgIpc) is 2.96. The van der Waals surface area contributed by atoms with Crippen molar-refractivity contribution in [3.8, 4) is 0 Å². The van der Waals surface area contributed by atoms with Crippen LogP contribution in [0.15, 0.2) is 17.9 Å². The third-order valence-electron chi connectivity index (χ3n) is 2.26. The SMILES string of the molecule is CCCNC(Cc1cncs1)c1cnsn1. The minimum absolute atomic E-state index is 0.263. The molecule has 2 heterocycles. The van der Waals surface area contributed by atoms with Gasteiger partial charge in [0.15, 0.2) is 0 Å². The molecule has 0 fully saturated rings. The van der Waals surface area contributed by atoms with Gasteiger partial charge in [-0.3, -0.25) is 4.98 Å². The topological polar surface area (TPSA) is 50.7 Å². The van der Waals surface area contributed by atoms with Crippen molar-refractivity contribution in [1.82, 2.24) is 19.0 Å². The molecule has 6 heteroatoms. The highest BCUT2D eigenvalue weighted by atomic mass is 32.1. The summed E-state index contributed by atoms with van der Waals surface area (Å²) in [5.41, 5.74) is 2.90. The van der Waals surface area contributed by atoms with Crippen molar-refractivity contribution in [2.75, 3.05) is 6.54 Å². The maximum absolute atomic E-state index is 4.30. The molecule has 0 radical (unpaired) electrons. The minimum atomic E-state index is 0.263.